The lowest BCUT2D eigenvalue weighted by Crippen LogP contribution is -2.36. The highest BCUT2D eigenvalue weighted by Crippen LogP contribution is 2.37. The van der Waals surface area contributed by atoms with Crippen LogP contribution in [0.5, 0.6) is 0 Å². The molecule has 0 aliphatic carbocycles. The zero-order valence-electron chi connectivity index (χ0n) is 20.5. The van der Waals surface area contributed by atoms with Crippen molar-refractivity contribution in [2.75, 3.05) is 18.0 Å². The molecule has 11 heteroatoms. The fourth-order valence-corrected chi connectivity index (χ4v) is 4.07. The molecule has 200 valence electrons. The zero-order valence-corrected chi connectivity index (χ0v) is 20.5. The van der Waals surface area contributed by atoms with Gasteiger partial charge in [-0.2, -0.15) is 26.3 Å². The molecule has 5 nitrogen and oxygen atoms in total. The van der Waals surface area contributed by atoms with Gasteiger partial charge >= 0.3 is 12.4 Å². The van der Waals surface area contributed by atoms with Gasteiger partial charge in [-0.15, -0.1) is 0 Å². The SMILES string of the molecule is CCCCN(CC)c1nc2ccccc2cc1CN(Cc1cc(C(F)(F)F)cc(C(F)(F)F)c1)C(=N)N. The van der Waals surface area contributed by atoms with Gasteiger partial charge in [0.15, 0.2) is 5.96 Å². The van der Waals surface area contributed by atoms with Crippen molar-refractivity contribution in [3.05, 3.63) is 70.8 Å². The van der Waals surface area contributed by atoms with Crippen molar-refractivity contribution in [2.24, 2.45) is 5.73 Å². The van der Waals surface area contributed by atoms with Gasteiger partial charge in [0, 0.05) is 37.1 Å². The first-order chi connectivity index (χ1) is 17.3. The average Bonchev–Trinajstić information content (AvgIpc) is 2.82. The van der Waals surface area contributed by atoms with Crippen LogP contribution in [0.2, 0.25) is 0 Å². The third-order valence-electron chi connectivity index (χ3n) is 5.97. The smallest absolute Gasteiger partial charge is 0.370 e. The van der Waals surface area contributed by atoms with E-state index < -0.39 is 36.0 Å². The Bertz CT molecular complexity index is 1210. The fourth-order valence-electron chi connectivity index (χ4n) is 4.07. The second kappa shape index (κ2) is 11.3. The summed E-state index contributed by atoms with van der Waals surface area (Å²) in [6.45, 7) is 4.94. The van der Waals surface area contributed by atoms with Crippen LogP contribution in [0, 0.1) is 5.41 Å². The molecule has 0 radical (unpaired) electrons. The zero-order chi connectivity index (χ0) is 27.4. The molecule has 1 aromatic heterocycles. The lowest BCUT2D eigenvalue weighted by atomic mass is 10.0. The van der Waals surface area contributed by atoms with Crippen molar-refractivity contribution in [3.8, 4) is 0 Å². The molecule has 37 heavy (non-hydrogen) atoms. The van der Waals surface area contributed by atoms with Crippen LogP contribution in [0.15, 0.2) is 48.5 Å². The van der Waals surface area contributed by atoms with Gasteiger partial charge < -0.3 is 15.5 Å². The molecule has 1 heterocycles. The van der Waals surface area contributed by atoms with E-state index in [0.717, 1.165) is 23.7 Å². The summed E-state index contributed by atoms with van der Waals surface area (Å²) in [7, 11) is 0. The summed E-state index contributed by atoms with van der Waals surface area (Å²) in [5.74, 6) is 0.155. The Morgan fingerprint density at radius 2 is 1.54 bits per heavy atom. The molecule has 2 aromatic carbocycles. The molecular weight excluding hydrogens is 496 g/mol. The van der Waals surface area contributed by atoms with Gasteiger partial charge in [-0.3, -0.25) is 5.41 Å². The van der Waals surface area contributed by atoms with Gasteiger partial charge in [0.1, 0.15) is 5.82 Å². The number of hydrogen-bond acceptors (Lipinski definition) is 3. The standard InChI is InChI=1S/C26H29F6N5/c1-3-5-10-36(4-2)23-19(13-18-8-6-7-9-22(18)35-23)16-37(24(33)34)15-17-11-20(25(27,28)29)14-21(12-17)26(30,31)32/h6-9,11-14H,3-5,10,15-16H2,1-2H3,(H3,33,34). The summed E-state index contributed by atoms with van der Waals surface area (Å²) in [6.07, 6.45) is -8.07. The quantitative estimate of drug-likeness (QED) is 0.183. The van der Waals surface area contributed by atoms with E-state index in [1.54, 1.807) is 0 Å². The van der Waals surface area contributed by atoms with E-state index in [2.05, 4.69) is 11.8 Å². The number of nitrogens with two attached hydrogens (primary N) is 1. The third-order valence-corrected chi connectivity index (χ3v) is 5.97. The molecule has 0 aliphatic rings. The van der Waals surface area contributed by atoms with E-state index in [0.29, 0.717) is 36.6 Å². The maximum atomic E-state index is 13.3. The Hall–Kier alpha value is -3.50. The van der Waals surface area contributed by atoms with Gasteiger partial charge in [0.25, 0.3) is 0 Å². The third kappa shape index (κ3) is 7.05. The number of nitrogens with one attached hydrogen (secondary N) is 1. The predicted octanol–water partition coefficient (Wildman–Crippen LogP) is 6.79. The van der Waals surface area contributed by atoms with Gasteiger partial charge in [-0.1, -0.05) is 31.5 Å². The van der Waals surface area contributed by atoms with E-state index in [1.807, 2.05) is 37.3 Å². The first-order valence-corrected chi connectivity index (χ1v) is 11.8. The predicted molar refractivity (Wildman–Crippen MR) is 132 cm³/mol. The number of pyridine rings is 1. The van der Waals surface area contributed by atoms with E-state index in [-0.39, 0.29) is 18.2 Å². The van der Waals surface area contributed by atoms with Crippen molar-refractivity contribution in [3.63, 3.8) is 0 Å². The van der Waals surface area contributed by atoms with Crippen molar-refractivity contribution in [1.29, 1.82) is 5.41 Å². The molecule has 3 aromatic rings. The van der Waals surface area contributed by atoms with E-state index in [9.17, 15) is 26.3 Å². The Balaban J connectivity index is 2.05. The number of anilines is 1. The molecule has 0 amide bonds. The lowest BCUT2D eigenvalue weighted by Gasteiger charge is -2.29. The lowest BCUT2D eigenvalue weighted by molar-refractivity contribution is -0.143. The number of guanidine groups is 1. The van der Waals surface area contributed by atoms with Crippen molar-refractivity contribution in [2.45, 2.75) is 52.1 Å². The van der Waals surface area contributed by atoms with Crippen molar-refractivity contribution in [1.82, 2.24) is 9.88 Å². The molecule has 0 bridgehead atoms. The molecule has 0 saturated carbocycles. The number of rotatable bonds is 9. The molecule has 0 unspecified atom stereocenters. The number of unbranched alkanes of at least 4 members (excludes halogenated alkanes) is 1. The van der Waals surface area contributed by atoms with Crippen LogP contribution in [0.3, 0.4) is 0 Å². The van der Waals surface area contributed by atoms with Gasteiger partial charge in [-0.05, 0) is 49.2 Å². The minimum atomic E-state index is -4.96. The minimum Gasteiger partial charge on any atom is -0.370 e. The van der Waals surface area contributed by atoms with Crippen LogP contribution in [-0.4, -0.2) is 28.9 Å². The summed E-state index contributed by atoms with van der Waals surface area (Å²) in [5.41, 5.74) is 4.09. The average molecular weight is 526 g/mol. The highest BCUT2D eigenvalue weighted by molar-refractivity contribution is 5.82. The van der Waals surface area contributed by atoms with Gasteiger partial charge in [0.2, 0.25) is 0 Å². The number of alkyl halides is 6. The van der Waals surface area contributed by atoms with Crippen LogP contribution in [0.4, 0.5) is 32.2 Å². The second-order valence-electron chi connectivity index (χ2n) is 8.75. The van der Waals surface area contributed by atoms with Crippen LogP contribution >= 0.6 is 0 Å². The first-order valence-electron chi connectivity index (χ1n) is 11.8. The molecular formula is C26H29F6N5. The number of fused-ring (bicyclic) bond motifs is 1. The maximum absolute atomic E-state index is 13.3. The topological polar surface area (TPSA) is 69.2 Å². The summed E-state index contributed by atoms with van der Waals surface area (Å²) >= 11 is 0. The van der Waals surface area contributed by atoms with Crippen LogP contribution in [-0.2, 0) is 25.4 Å². The Morgan fingerprint density at radius 3 is 2.08 bits per heavy atom. The van der Waals surface area contributed by atoms with Crippen LogP contribution in [0.1, 0.15) is 48.9 Å². The summed E-state index contributed by atoms with van der Waals surface area (Å²) < 4.78 is 80.1. The van der Waals surface area contributed by atoms with E-state index >= 15 is 0 Å². The maximum Gasteiger partial charge on any atom is 0.416 e. The molecule has 3 N–H and O–H groups in total. The van der Waals surface area contributed by atoms with E-state index in [4.69, 9.17) is 16.1 Å². The second-order valence-corrected chi connectivity index (χ2v) is 8.75. The number of hydrogen-bond donors (Lipinski definition) is 2. The largest absolute Gasteiger partial charge is 0.416 e. The van der Waals surface area contributed by atoms with Gasteiger partial charge in [0.05, 0.1) is 16.6 Å². The number of halogens is 6. The van der Waals surface area contributed by atoms with Crippen molar-refractivity contribution < 1.29 is 26.3 Å². The summed E-state index contributed by atoms with van der Waals surface area (Å²) in [4.78, 5) is 8.10. The number of nitrogens with zero attached hydrogens (tertiary/aromatic N) is 3. The molecule has 3 rings (SSSR count). The normalized spacial score (nSPS) is 12.1. The first kappa shape index (κ1) is 28.1. The van der Waals surface area contributed by atoms with Gasteiger partial charge in [-0.25, -0.2) is 4.98 Å². The van der Waals surface area contributed by atoms with Crippen LogP contribution in [0.25, 0.3) is 10.9 Å². The Morgan fingerprint density at radius 1 is 0.919 bits per heavy atom. The molecule has 0 aliphatic heterocycles. The number of aromatic nitrogens is 1. The summed E-state index contributed by atoms with van der Waals surface area (Å²) in [5, 5.41) is 8.84. The number of benzene rings is 2. The van der Waals surface area contributed by atoms with E-state index in [1.165, 1.54) is 4.90 Å². The molecule has 0 spiro atoms. The van der Waals surface area contributed by atoms with Crippen molar-refractivity contribution >= 4 is 22.7 Å². The Kier molecular flexibility index (Phi) is 8.55. The number of para-hydroxylation sites is 1. The summed E-state index contributed by atoms with van der Waals surface area (Å²) in [6, 6.07) is 10.7. The Labute approximate surface area is 211 Å². The highest BCUT2D eigenvalue weighted by atomic mass is 19.4. The molecule has 0 fully saturated rings. The van der Waals surface area contributed by atoms with Crippen LogP contribution < -0.4 is 10.6 Å². The highest BCUT2D eigenvalue weighted by Gasteiger charge is 2.37. The fraction of sp³-hybridized carbons (Fsp3) is 0.385. The molecule has 0 atom stereocenters. The minimum absolute atomic E-state index is 0.0251. The monoisotopic (exact) mass is 525 g/mol. The molecule has 0 saturated heterocycles.